The first-order chi connectivity index (χ1) is 10.5. The van der Waals surface area contributed by atoms with Crippen LogP contribution in [0.5, 0.6) is 0 Å². The molecule has 1 aromatic carbocycles. The third-order valence-electron chi connectivity index (χ3n) is 4.23. The number of hydrogen-bond acceptors (Lipinski definition) is 3. The highest BCUT2D eigenvalue weighted by atomic mass is 79.9. The molecule has 4 nitrogen and oxygen atoms in total. The van der Waals surface area contributed by atoms with Crippen molar-refractivity contribution in [2.45, 2.75) is 31.9 Å². The van der Waals surface area contributed by atoms with Gasteiger partial charge in [-0.1, -0.05) is 15.9 Å². The maximum Gasteiger partial charge on any atom is 0.255 e. The fraction of sp³-hybridized carbons (Fsp3) is 0.562. The molecular formula is C16H22BrFN2O2. The number of piperidine rings is 1. The highest BCUT2D eigenvalue weighted by Gasteiger charge is 2.42. The van der Waals surface area contributed by atoms with E-state index in [1.54, 1.807) is 24.1 Å². The number of rotatable bonds is 5. The van der Waals surface area contributed by atoms with Crippen LogP contribution in [0.15, 0.2) is 22.7 Å². The summed E-state index contributed by atoms with van der Waals surface area (Å²) in [6.45, 7) is 4.17. The topological polar surface area (TPSA) is 41.6 Å². The van der Waals surface area contributed by atoms with Gasteiger partial charge < -0.3 is 15.0 Å². The molecule has 0 aromatic heterocycles. The molecule has 1 aromatic rings. The normalized spacial score (nSPS) is 17.3. The maximum atomic E-state index is 13.9. The van der Waals surface area contributed by atoms with E-state index in [0.717, 1.165) is 17.6 Å². The number of nitrogens with zero attached hydrogens (tertiary/aromatic N) is 1. The number of nitrogens with one attached hydrogen (secondary N) is 1. The fourth-order valence-corrected chi connectivity index (χ4v) is 3.23. The van der Waals surface area contributed by atoms with Crippen LogP contribution in [0.25, 0.3) is 0 Å². The van der Waals surface area contributed by atoms with Crippen molar-refractivity contribution in [2.75, 3.05) is 26.7 Å². The summed E-state index contributed by atoms with van der Waals surface area (Å²) in [5, 5.41) is 3.23. The molecule has 0 radical (unpaired) electrons. The van der Waals surface area contributed by atoms with E-state index in [1.807, 2.05) is 6.92 Å². The second-order valence-corrected chi connectivity index (χ2v) is 6.42. The first-order valence-corrected chi connectivity index (χ1v) is 8.31. The monoisotopic (exact) mass is 372 g/mol. The molecule has 0 saturated carbocycles. The molecule has 1 aliphatic heterocycles. The van der Waals surface area contributed by atoms with Crippen molar-refractivity contribution in [1.82, 2.24) is 10.2 Å². The standard InChI is InChI=1S/C16H22BrFN2O2/c1-3-20(11-12-10-13(17)4-5-14(12)18)15(21)16(22-2)6-8-19-9-7-16/h4-5,10,19H,3,6-9,11H2,1-2H3. The van der Waals surface area contributed by atoms with Crippen molar-refractivity contribution >= 4 is 21.8 Å². The zero-order valence-electron chi connectivity index (χ0n) is 13.0. The second kappa shape index (κ2) is 7.53. The molecule has 1 N–H and O–H groups in total. The Labute approximate surface area is 139 Å². The minimum absolute atomic E-state index is 0.0571. The van der Waals surface area contributed by atoms with E-state index >= 15 is 0 Å². The van der Waals surface area contributed by atoms with Crippen molar-refractivity contribution in [3.63, 3.8) is 0 Å². The SMILES string of the molecule is CCN(Cc1cc(Br)ccc1F)C(=O)C1(OC)CCNCC1. The van der Waals surface area contributed by atoms with E-state index in [1.165, 1.54) is 6.07 Å². The molecule has 0 spiro atoms. The summed E-state index contributed by atoms with van der Waals surface area (Å²) in [5.41, 5.74) is -0.284. The van der Waals surface area contributed by atoms with Gasteiger partial charge in [0.05, 0.1) is 0 Å². The van der Waals surface area contributed by atoms with Gasteiger partial charge in [-0.05, 0) is 51.1 Å². The first-order valence-electron chi connectivity index (χ1n) is 7.51. The molecule has 0 unspecified atom stereocenters. The second-order valence-electron chi connectivity index (χ2n) is 5.50. The van der Waals surface area contributed by atoms with Gasteiger partial charge in [-0.3, -0.25) is 4.79 Å². The number of likely N-dealkylation sites (N-methyl/N-ethyl adjacent to an activating group) is 1. The van der Waals surface area contributed by atoms with Gasteiger partial charge in [-0.2, -0.15) is 0 Å². The van der Waals surface area contributed by atoms with Crippen LogP contribution >= 0.6 is 15.9 Å². The summed E-state index contributed by atoms with van der Waals surface area (Å²) in [6, 6.07) is 4.78. The zero-order chi connectivity index (χ0) is 16.2. The molecule has 0 aliphatic carbocycles. The first kappa shape index (κ1) is 17.4. The Morgan fingerprint density at radius 1 is 1.45 bits per heavy atom. The Bertz CT molecular complexity index is 533. The van der Waals surface area contributed by atoms with Gasteiger partial charge in [0.1, 0.15) is 11.4 Å². The van der Waals surface area contributed by atoms with Crippen LogP contribution in [-0.4, -0.2) is 43.2 Å². The third-order valence-corrected chi connectivity index (χ3v) is 4.72. The average Bonchev–Trinajstić information content (AvgIpc) is 2.55. The van der Waals surface area contributed by atoms with Crippen LogP contribution in [0, 0.1) is 5.82 Å². The molecule has 6 heteroatoms. The van der Waals surface area contributed by atoms with E-state index in [-0.39, 0.29) is 18.3 Å². The number of ether oxygens (including phenoxy) is 1. The molecular weight excluding hydrogens is 351 g/mol. The molecule has 1 amide bonds. The van der Waals surface area contributed by atoms with Crippen molar-refractivity contribution in [3.05, 3.63) is 34.1 Å². The van der Waals surface area contributed by atoms with E-state index in [2.05, 4.69) is 21.2 Å². The van der Waals surface area contributed by atoms with E-state index in [9.17, 15) is 9.18 Å². The maximum absolute atomic E-state index is 13.9. The number of hydrogen-bond donors (Lipinski definition) is 1. The largest absolute Gasteiger partial charge is 0.368 e. The molecule has 0 bridgehead atoms. The van der Waals surface area contributed by atoms with Crippen molar-refractivity contribution in [3.8, 4) is 0 Å². The van der Waals surface area contributed by atoms with Gasteiger partial charge >= 0.3 is 0 Å². The van der Waals surface area contributed by atoms with E-state index in [4.69, 9.17) is 4.74 Å². The molecule has 0 atom stereocenters. The lowest BCUT2D eigenvalue weighted by molar-refractivity contribution is -0.158. The van der Waals surface area contributed by atoms with Crippen LogP contribution < -0.4 is 5.32 Å². The van der Waals surface area contributed by atoms with Gasteiger partial charge in [0, 0.05) is 30.2 Å². The Kier molecular flexibility index (Phi) is 5.94. The Morgan fingerprint density at radius 2 is 2.14 bits per heavy atom. The lowest BCUT2D eigenvalue weighted by Gasteiger charge is -2.38. The summed E-state index contributed by atoms with van der Waals surface area (Å²) in [5.74, 6) is -0.357. The number of carbonyl (C=O) groups is 1. The van der Waals surface area contributed by atoms with Crippen molar-refractivity contribution in [2.24, 2.45) is 0 Å². The van der Waals surface area contributed by atoms with Gasteiger partial charge in [0.15, 0.2) is 0 Å². The van der Waals surface area contributed by atoms with Gasteiger partial charge in [0.25, 0.3) is 5.91 Å². The van der Waals surface area contributed by atoms with Crippen LogP contribution in [0.2, 0.25) is 0 Å². The van der Waals surface area contributed by atoms with E-state index in [0.29, 0.717) is 24.9 Å². The Hall–Kier alpha value is -0.980. The van der Waals surface area contributed by atoms with Crippen molar-refractivity contribution < 1.29 is 13.9 Å². The summed E-state index contributed by atoms with van der Waals surface area (Å²) >= 11 is 3.34. The third kappa shape index (κ3) is 3.67. The zero-order valence-corrected chi connectivity index (χ0v) is 14.6. The highest BCUT2D eigenvalue weighted by Crippen LogP contribution is 2.26. The van der Waals surface area contributed by atoms with Gasteiger partial charge in [-0.15, -0.1) is 0 Å². The predicted molar refractivity (Wildman–Crippen MR) is 87.0 cm³/mol. The smallest absolute Gasteiger partial charge is 0.255 e. The summed E-state index contributed by atoms with van der Waals surface area (Å²) in [6.07, 6.45) is 1.28. The average molecular weight is 373 g/mol. The van der Waals surface area contributed by atoms with Crippen molar-refractivity contribution in [1.29, 1.82) is 0 Å². The van der Waals surface area contributed by atoms with Crippen LogP contribution in [0.3, 0.4) is 0 Å². The Morgan fingerprint density at radius 3 is 2.73 bits per heavy atom. The lowest BCUT2D eigenvalue weighted by atomic mass is 9.90. The number of halogens is 2. The lowest BCUT2D eigenvalue weighted by Crippen LogP contribution is -2.55. The summed E-state index contributed by atoms with van der Waals surface area (Å²) < 4.78 is 20.3. The minimum atomic E-state index is -0.788. The number of methoxy groups -OCH3 is 1. The Balaban J connectivity index is 2.19. The molecule has 1 aliphatic rings. The predicted octanol–water partition coefficient (Wildman–Crippen LogP) is 2.71. The van der Waals surface area contributed by atoms with Gasteiger partial charge in [-0.25, -0.2) is 4.39 Å². The number of carbonyl (C=O) groups excluding carboxylic acids is 1. The quantitative estimate of drug-likeness (QED) is 0.863. The van der Waals surface area contributed by atoms with Gasteiger partial charge in [0.2, 0.25) is 0 Å². The summed E-state index contributed by atoms with van der Waals surface area (Å²) in [7, 11) is 1.58. The minimum Gasteiger partial charge on any atom is -0.368 e. The molecule has 1 heterocycles. The van der Waals surface area contributed by atoms with E-state index < -0.39 is 5.60 Å². The molecule has 122 valence electrons. The van der Waals surface area contributed by atoms with Crippen LogP contribution in [0.1, 0.15) is 25.3 Å². The number of amides is 1. The number of benzene rings is 1. The van der Waals surface area contributed by atoms with Crippen LogP contribution in [0.4, 0.5) is 4.39 Å². The molecule has 22 heavy (non-hydrogen) atoms. The molecule has 2 rings (SSSR count). The fourth-order valence-electron chi connectivity index (χ4n) is 2.82. The molecule has 1 fully saturated rings. The summed E-state index contributed by atoms with van der Waals surface area (Å²) in [4.78, 5) is 14.6. The highest BCUT2D eigenvalue weighted by molar-refractivity contribution is 9.10. The molecule has 1 saturated heterocycles. The van der Waals surface area contributed by atoms with Crippen LogP contribution in [-0.2, 0) is 16.1 Å².